The highest BCUT2D eigenvalue weighted by Crippen LogP contribution is 2.18. The Bertz CT molecular complexity index is 249. The van der Waals surface area contributed by atoms with Crippen LogP contribution in [0.5, 0.6) is 0 Å². The molecular weight excluding hydrogens is 208 g/mol. The number of rotatable bonds is 4. The van der Waals surface area contributed by atoms with Gasteiger partial charge in [0.25, 0.3) is 0 Å². The topological polar surface area (TPSA) is 84.8 Å². The lowest BCUT2D eigenvalue weighted by molar-refractivity contribution is -0.148. The van der Waals surface area contributed by atoms with Crippen LogP contribution in [0.3, 0.4) is 0 Å². The zero-order valence-electron chi connectivity index (χ0n) is 8.10. The first-order valence-electron chi connectivity index (χ1n) is 3.82. The number of carbonyl (C=O) groups is 2. The van der Waals surface area contributed by atoms with E-state index in [1.54, 1.807) is 13.8 Å². The van der Waals surface area contributed by atoms with E-state index in [0.29, 0.717) is 0 Å². The maximum atomic E-state index is 11.1. The van der Waals surface area contributed by atoms with E-state index < -0.39 is 22.7 Å². The Morgan fingerprint density at radius 1 is 1.50 bits per heavy atom. The summed E-state index contributed by atoms with van der Waals surface area (Å²) in [4.78, 5) is 35.5. The summed E-state index contributed by atoms with van der Waals surface area (Å²) < 4.78 is -0.840. The molecule has 0 aromatic rings. The second-order valence-corrected chi connectivity index (χ2v) is 4.42. The molecule has 0 saturated carbocycles. The summed E-state index contributed by atoms with van der Waals surface area (Å²) in [7, 11) is 0. The Morgan fingerprint density at radius 2 is 2.00 bits per heavy atom. The van der Waals surface area contributed by atoms with Crippen molar-refractivity contribution in [2.24, 2.45) is 5.34 Å². The van der Waals surface area contributed by atoms with E-state index in [1.165, 1.54) is 6.92 Å². The quantitative estimate of drug-likeness (QED) is 0.408. The highest BCUT2D eigenvalue weighted by Gasteiger charge is 2.35. The summed E-state index contributed by atoms with van der Waals surface area (Å²) in [6.45, 7) is 4.44. The molecule has 0 aliphatic rings. The lowest BCUT2D eigenvalue weighted by Crippen LogP contribution is -2.51. The van der Waals surface area contributed by atoms with Crippen molar-refractivity contribution in [2.45, 2.75) is 31.6 Å². The normalized spacial score (nSPS) is 12.9. The molecule has 0 aliphatic heterocycles. The van der Waals surface area contributed by atoms with Gasteiger partial charge < -0.3 is 5.32 Å². The Morgan fingerprint density at radius 3 is 2.29 bits per heavy atom. The molecule has 1 amide bonds. The average molecular weight is 220 g/mol. The zero-order valence-corrected chi connectivity index (χ0v) is 9.00. The summed E-state index contributed by atoms with van der Waals surface area (Å²) in [5, 5.41) is 4.31. The molecule has 0 radical (unpaired) electrons. The maximum absolute atomic E-state index is 11.1. The van der Waals surface area contributed by atoms with E-state index in [0.717, 1.165) is 0 Å². The maximum Gasteiger partial charge on any atom is 0.362 e. The predicted octanol–water partition coefficient (Wildman–Crippen LogP) is 0.424. The van der Waals surface area contributed by atoms with Gasteiger partial charge in [0, 0.05) is 11.7 Å². The molecule has 0 bridgehead atoms. The van der Waals surface area contributed by atoms with Gasteiger partial charge in [-0.15, -0.1) is 4.91 Å². The molecule has 1 unspecified atom stereocenters. The van der Waals surface area contributed by atoms with E-state index in [2.05, 4.69) is 22.8 Å². The molecule has 0 fully saturated rings. The van der Waals surface area contributed by atoms with Crippen LogP contribution >= 0.6 is 12.6 Å². The van der Waals surface area contributed by atoms with Crippen molar-refractivity contribution in [1.29, 1.82) is 0 Å². The van der Waals surface area contributed by atoms with E-state index in [9.17, 15) is 14.5 Å². The van der Waals surface area contributed by atoms with Gasteiger partial charge in [-0.05, 0) is 13.8 Å². The fourth-order valence-electron chi connectivity index (χ4n) is 0.817. The number of nitrogens with zero attached hydrogens (tertiary/aromatic N) is 1. The second kappa shape index (κ2) is 4.94. The van der Waals surface area contributed by atoms with Crippen LogP contribution in [0.15, 0.2) is 5.34 Å². The van der Waals surface area contributed by atoms with Crippen LogP contribution in [-0.2, 0) is 14.4 Å². The van der Waals surface area contributed by atoms with Crippen molar-refractivity contribution in [3.8, 4) is 0 Å². The summed E-state index contributed by atoms with van der Waals surface area (Å²) in [6.07, 6.45) is 0. The molecular formula is C7H12N2O4S. The smallest absolute Gasteiger partial charge is 0.342 e. The fraction of sp³-hybridized carbons (Fsp3) is 0.714. The number of carbonyl (C=O) groups excluding carboxylic acids is 2. The molecule has 0 spiro atoms. The molecule has 0 aromatic heterocycles. The summed E-state index contributed by atoms with van der Waals surface area (Å²) in [6, 6.07) is -1.01. The van der Waals surface area contributed by atoms with Crippen LogP contribution in [0.2, 0.25) is 0 Å². The monoisotopic (exact) mass is 220 g/mol. The first kappa shape index (κ1) is 12.9. The van der Waals surface area contributed by atoms with Crippen molar-refractivity contribution in [1.82, 2.24) is 5.32 Å². The van der Waals surface area contributed by atoms with Crippen molar-refractivity contribution in [2.75, 3.05) is 0 Å². The minimum absolute atomic E-state index is 0.417. The Kier molecular flexibility index (Phi) is 4.55. The number of thiol groups is 1. The second-order valence-electron chi connectivity index (χ2n) is 3.27. The first-order valence-corrected chi connectivity index (χ1v) is 4.26. The van der Waals surface area contributed by atoms with Gasteiger partial charge in [-0.1, -0.05) is 0 Å². The van der Waals surface area contributed by atoms with Gasteiger partial charge >= 0.3 is 5.97 Å². The van der Waals surface area contributed by atoms with Crippen LogP contribution in [0.25, 0.3) is 0 Å². The number of nitrogens with one attached hydrogen (secondary N) is 1. The van der Waals surface area contributed by atoms with Crippen LogP contribution in [0, 0.1) is 4.91 Å². The number of hydrogen-bond donors (Lipinski definition) is 2. The molecule has 14 heavy (non-hydrogen) atoms. The molecule has 1 N–H and O–H groups in total. The number of amides is 1. The number of hydrogen-bond acceptors (Lipinski definition) is 6. The minimum Gasteiger partial charge on any atom is -0.342 e. The minimum atomic E-state index is -1.01. The largest absolute Gasteiger partial charge is 0.362 e. The molecule has 0 aliphatic carbocycles. The van der Waals surface area contributed by atoms with Crippen molar-refractivity contribution >= 4 is 24.5 Å². The summed E-state index contributed by atoms with van der Waals surface area (Å²) >= 11 is 4.10. The van der Waals surface area contributed by atoms with Crippen LogP contribution in [0.1, 0.15) is 20.8 Å². The SMILES string of the molecule is CC(=O)NC(C(=O)ON=O)C(C)(C)S. The Hall–Kier alpha value is -1.11. The molecule has 80 valence electrons. The fourth-order valence-corrected chi connectivity index (χ4v) is 0.987. The molecule has 1 atom stereocenters. The Balaban J connectivity index is 4.63. The molecule has 6 nitrogen and oxygen atoms in total. The average Bonchev–Trinajstić information content (AvgIpc) is 1.98. The highest BCUT2D eigenvalue weighted by atomic mass is 32.1. The standard InChI is InChI=1S/C7H12N2O4S/c1-4(10)8-5(7(2,3)14)6(11)13-9-12/h5,14H,1-3H3,(H,8,10). The first-order chi connectivity index (χ1) is 6.29. The Labute approximate surface area is 86.7 Å². The van der Waals surface area contributed by atoms with Crippen molar-refractivity contribution < 1.29 is 14.4 Å². The zero-order chi connectivity index (χ0) is 11.4. The van der Waals surface area contributed by atoms with E-state index in [-0.39, 0.29) is 0 Å². The van der Waals surface area contributed by atoms with E-state index in [4.69, 9.17) is 0 Å². The van der Waals surface area contributed by atoms with E-state index >= 15 is 0 Å². The lowest BCUT2D eigenvalue weighted by atomic mass is 10.0. The third-order valence-electron chi connectivity index (χ3n) is 1.42. The van der Waals surface area contributed by atoms with Crippen molar-refractivity contribution in [3.05, 3.63) is 4.91 Å². The summed E-state index contributed by atoms with van der Waals surface area (Å²) in [5.41, 5.74) is 0. The third-order valence-corrected chi connectivity index (χ3v) is 1.68. The van der Waals surface area contributed by atoms with Crippen molar-refractivity contribution in [3.63, 3.8) is 0 Å². The highest BCUT2D eigenvalue weighted by molar-refractivity contribution is 7.81. The van der Waals surface area contributed by atoms with Gasteiger partial charge in [-0.3, -0.25) is 9.63 Å². The third kappa shape index (κ3) is 4.22. The van der Waals surface area contributed by atoms with Crippen LogP contribution in [-0.4, -0.2) is 22.7 Å². The van der Waals surface area contributed by atoms with Gasteiger partial charge in [0.15, 0.2) is 5.34 Å². The van der Waals surface area contributed by atoms with Crippen LogP contribution in [0.4, 0.5) is 0 Å². The van der Waals surface area contributed by atoms with Crippen LogP contribution < -0.4 is 5.32 Å². The van der Waals surface area contributed by atoms with E-state index in [1.807, 2.05) is 5.34 Å². The van der Waals surface area contributed by atoms with Gasteiger partial charge in [0.2, 0.25) is 5.91 Å². The summed E-state index contributed by atoms with van der Waals surface area (Å²) in [5.74, 6) is -1.35. The molecule has 7 heteroatoms. The molecule has 0 aromatic carbocycles. The van der Waals surface area contributed by atoms with Gasteiger partial charge in [0.05, 0.1) is 0 Å². The molecule has 0 heterocycles. The molecule has 0 rings (SSSR count). The predicted molar refractivity (Wildman–Crippen MR) is 52.6 cm³/mol. The lowest BCUT2D eigenvalue weighted by Gasteiger charge is -2.26. The van der Waals surface area contributed by atoms with Gasteiger partial charge in [-0.2, -0.15) is 12.6 Å². The van der Waals surface area contributed by atoms with Gasteiger partial charge in [-0.25, -0.2) is 4.79 Å². The van der Waals surface area contributed by atoms with Gasteiger partial charge in [0.1, 0.15) is 6.04 Å². The molecule has 0 saturated heterocycles.